The lowest BCUT2D eigenvalue weighted by Crippen LogP contribution is -2.31. The standard InChI is InChI=1S/C8H13NO2/c1-2-3-7(10)9-8(11)6-4-5-6/h6H,2-5H2,1H3,(H,9,10,11). The van der Waals surface area contributed by atoms with Crippen molar-refractivity contribution >= 4 is 11.8 Å². The fourth-order valence-corrected chi connectivity index (χ4v) is 0.875. The second-order valence-corrected chi connectivity index (χ2v) is 2.94. The van der Waals surface area contributed by atoms with Crippen LogP contribution < -0.4 is 5.32 Å². The van der Waals surface area contributed by atoms with Gasteiger partial charge in [-0.15, -0.1) is 0 Å². The molecule has 3 nitrogen and oxygen atoms in total. The van der Waals surface area contributed by atoms with E-state index in [0.717, 1.165) is 19.3 Å². The highest BCUT2D eigenvalue weighted by Crippen LogP contribution is 2.28. The first-order valence-corrected chi connectivity index (χ1v) is 4.07. The van der Waals surface area contributed by atoms with Crippen LogP contribution in [0.15, 0.2) is 0 Å². The molecule has 0 aromatic heterocycles. The van der Waals surface area contributed by atoms with Gasteiger partial charge in [-0.1, -0.05) is 6.92 Å². The van der Waals surface area contributed by atoms with Gasteiger partial charge in [0.25, 0.3) is 0 Å². The molecule has 1 fully saturated rings. The molecule has 0 unspecified atom stereocenters. The van der Waals surface area contributed by atoms with Gasteiger partial charge in [0, 0.05) is 12.3 Å². The largest absolute Gasteiger partial charge is 0.296 e. The van der Waals surface area contributed by atoms with E-state index in [1.165, 1.54) is 0 Å². The second kappa shape index (κ2) is 3.51. The van der Waals surface area contributed by atoms with Gasteiger partial charge in [-0.25, -0.2) is 0 Å². The minimum Gasteiger partial charge on any atom is -0.296 e. The summed E-state index contributed by atoms with van der Waals surface area (Å²) in [5, 5.41) is 2.36. The van der Waals surface area contributed by atoms with Crippen molar-refractivity contribution in [2.24, 2.45) is 5.92 Å². The maximum atomic E-state index is 11.0. The number of rotatable bonds is 3. The summed E-state index contributed by atoms with van der Waals surface area (Å²) in [5.74, 6) is -0.0799. The molecule has 0 spiro atoms. The van der Waals surface area contributed by atoms with E-state index in [-0.39, 0.29) is 17.7 Å². The van der Waals surface area contributed by atoms with E-state index in [1.54, 1.807) is 0 Å². The third kappa shape index (κ3) is 2.70. The van der Waals surface area contributed by atoms with Crippen LogP contribution in [0.25, 0.3) is 0 Å². The van der Waals surface area contributed by atoms with Crippen LogP contribution in [0.2, 0.25) is 0 Å². The number of carbonyl (C=O) groups is 2. The molecule has 1 aliphatic rings. The maximum absolute atomic E-state index is 11.0. The van der Waals surface area contributed by atoms with Gasteiger partial charge in [0.1, 0.15) is 0 Å². The molecule has 0 radical (unpaired) electrons. The zero-order chi connectivity index (χ0) is 8.27. The second-order valence-electron chi connectivity index (χ2n) is 2.94. The van der Waals surface area contributed by atoms with Crippen LogP contribution in [0.1, 0.15) is 32.6 Å². The van der Waals surface area contributed by atoms with E-state index < -0.39 is 0 Å². The van der Waals surface area contributed by atoms with Crippen LogP contribution in [-0.2, 0) is 9.59 Å². The Bertz CT molecular complexity index is 173. The highest BCUT2D eigenvalue weighted by Gasteiger charge is 2.30. The zero-order valence-corrected chi connectivity index (χ0v) is 6.72. The van der Waals surface area contributed by atoms with E-state index in [1.807, 2.05) is 6.92 Å². The van der Waals surface area contributed by atoms with Crippen LogP contribution in [0, 0.1) is 5.92 Å². The SMILES string of the molecule is CCCC(=O)NC(=O)C1CC1. The van der Waals surface area contributed by atoms with Crippen molar-refractivity contribution in [2.45, 2.75) is 32.6 Å². The number of nitrogens with one attached hydrogen (secondary N) is 1. The van der Waals surface area contributed by atoms with Gasteiger partial charge >= 0.3 is 0 Å². The van der Waals surface area contributed by atoms with E-state index in [0.29, 0.717) is 6.42 Å². The molecular weight excluding hydrogens is 142 g/mol. The third-order valence-corrected chi connectivity index (χ3v) is 1.69. The Morgan fingerprint density at radius 2 is 2.09 bits per heavy atom. The molecule has 0 aromatic rings. The van der Waals surface area contributed by atoms with Crippen LogP contribution in [0.3, 0.4) is 0 Å². The van der Waals surface area contributed by atoms with Crippen LogP contribution in [0.4, 0.5) is 0 Å². The molecule has 1 rings (SSSR count). The zero-order valence-electron chi connectivity index (χ0n) is 6.72. The van der Waals surface area contributed by atoms with Crippen molar-refractivity contribution in [1.29, 1.82) is 0 Å². The Balaban J connectivity index is 2.17. The molecule has 3 heteroatoms. The molecule has 0 aromatic carbocycles. The Morgan fingerprint density at radius 1 is 1.45 bits per heavy atom. The van der Waals surface area contributed by atoms with Gasteiger partial charge in [-0.05, 0) is 19.3 Å². The smallest absolute Gasteiger partial charge is 0.229 e. The Kier molecular flexibility index (Phi) is 2.63. The minimum atomic E-state index is -0.135. The molecule has 62 valence electrons. The van der Waals surface area contributed by atoms with Crippen molar-refractivity contribution in [3.8, 4) is 0 Å². The topological polar surface area (TPSA) is 46.2 Å². The van der Waals surface area contributed by atoms with Crippen LogP contribution >= 0.6 is 0 Å². The van der Waals surface area contributed by atoms with Gasteiger partial charge in [0.15, 0.2) is 0 Å². The molecule has 0 atom stereocenters. The van der Waals surface area contributed by atoms with Gasteiger partial charge in [-0.3, -0.25) is 14.9 Å². The molecular formula is C8H13NO2. The highest BCUT2D eigenvalue weighted by molar-refractivity contribution is 5.97. The fraction of sp³-hybridized carbons (Fsp3) is 0.750. The molecule has 0 aliphatic heterocycles. The van der Waals surface area contributed by atoms with Gasteiger partial charge in [-0.2, -0.15) is 0 Å². The summed E-state index contributed by atoms with van der Waals surface area (Å²) in [6.07, 6.45) is 3.15. The first-order chi connectivity index (χ1) is 5.24. The summed E-state index contributed by atoms with van der Waals surface area (Å²) in [4.78, 5) is 21.8. The molecule has 1 aliphatic carbocycles. The first-order valence-electron chi connectivity index (χ1n) is 4.07. The molecule has 1 N–H and O–H groups in total. The fourth-order valence-electron chi connectivity index (χ4n) is 0.875. The summed E-state index contributed by atoms with van der Waals surface area (Å²) in [5.41, 5.74) is 0. The van der Waals surface area contributed by atoms with Crippen LogP contribution in [-0.4, -0.2) is 11.8 Å². The molecule has 0 bridgehead atoms. The maximum Gasteiger partial charge on any atom is 0.229 e. The van der Waals surface area contributed by atoms with Gasteiger partial charge < -0.3 is 0 Å². The van der Waals surface area contributed by atoms with E-state index in [2.05, 4.69) is 5.32 Å². The predicted octanol–water partition coefficient (Wildman–Crippen LogP) is 0.839. The van der Waals surface area contributed by atoms with E-state index in [4.69, 9.17) is 0 Å². The quantitative estimate of drug-likeness (QED) is 0.656. The third-order valence-electron chi connectivity index (χ3n) is 1.69. The summed E-state index contributed by atoms with van der Waals surface area (Å²) in [7, 11) is 0. The normalized spacial score (nSPS) is 16.1. The minimum absolute atomic E-state index is 0.0801. The number of imide groups is 1. The molecule has 0 heterocycles. The lowest BCUT2D eigenvalue weighted by atomic mass is 10.3. The summed E-state index contributed by atoms with van der Waals surface area (Å²) < 4.78 is 0. The number of hydrogen-bond acceptors (Lipinski definition) is 2. The number of carbonyl (C=O) groups excluding carboxylic acids is 2. The lowest BCUT2D eigenvalue weighted by molar-refractivity contribution is -0.131. The van der Waals surface area contributed by atoms with Crippen LogP contribution in [0.5, 0.6) is 0 Å². The van der Waals surface area contributed by atoms with Gasteiger partial charge in [0.2, 0.25) is 11.8 Å². The van der Waals surface area contributed by atoms with Crippen molar-refractivity contribution in [3.05, 3.63) is 0 Å². The monoisotopic (exact) mass is 155 g/mol. The van der Waals surface area contributed by atoms with Crippen molar-refractivity contribution in [1.82, 2.24) is 5.32 Å². The summed E-state index contributed by atoms with van der Waals surface area (Å²) >= 11 is 0. The highest BCUT2D eigenvalue weighted by atomic mass is 16.2. The molecule has 11 heavy (non-hydrogen) atoms. The average molecular weight is 155 g/mol. The Hall–Kier alpha value is -0.860. The summed E-state index contributed by atoms with van der Waals surface area (Å²) in [6, 6.07) is 0. The molecule has 2 amide bonds. The Labute approximate surface area is 66.2 Å². The van der Waals surface area contributed by atoms with Crippen molar-refractivity contribution in [3.63, 3.8) is 0 Å². The van der Waals surface area contributed by atoms with E-state index >= 15 is 0 Å². The predicted molar refractivity (Wildman–Crippen MR) is 40.8 cm³/mol. The first kappa shape index (κ1) is 8.24. The Morgan fingerprint density at radius 3 is 2.55 bits per heavy atom. The summed E-state index contributed by atoms with van der Waals surface area (Å²) in [6.45, 7) is 1.92. The molecule has 0 saturated heterocycles. The van der Waals surface area contributed by atoms with Gasteiger partial charge in [0.05, 0.1) is 0 Å². The van der Waals surface area contributed by atoms with Crippen molar-refractivity contribution in [2.75, 3.05) is 0 Å². The van der Waals surface area contributed by atoms with Crippen molar-refractivity contribution < 1.29 is 9.59 Å². The number of hydrogen-bond donors (Lipinski definition) is 1. The lowest BCUT2D eigenvalue weighted by Gasteiger charge is -1.99. The molecule has 1 saturated carbocycles. The number of amides is 2. The van der Waals surface area contributed by atoms with E-state index in [9.17, 15) is 9.59 Å². The average Bonchev–Trinajstić information content (AvgIpc) is 2.67.